The van der Waals surface area contributed by atoms with Gasteiger partial charge in [0.05, 0.1) is 0 Å². The van der Waals surface area contributed by atoms with Crippen molar-refractivity contribution in [1.82, 2.24) is 5.32 Å². The molecule has 96 valence electrons. The molecule has 1 aromatic rings. The lowest BCUT2D eigenvalue weighted by molar-refractivity contribution is 0.0817. The molecule has 0 aliphatic heterocycles. The number of rotatable bonds is 6. The summed E-state index contributed by atoms with van der Waals surface area (Å²) in [4.78, 5) is 0. The molecule has 0 fully saturated rings. The highest BCUT2D eigenvalue weighted by atomic mass is 19.3. The molecule has 0 saturated carbocycles. The Kier molecular flexibility index (Phi) is 5.28. The van der Waals surface area contributed by atoms with Crippen LogP contribution in [0, 0.1) is 5.82 Å². The Hall–Kier alpha value is -1.23. The van der Waals surface area contributed by atoms with Gasteiger partial charge in [0.2, 0.25) is 0 Å². The molecule has 0 saturated heterocycles. The fourth-order valence-electron chi connectivity index (χ4n) is 1.52. The first-order chi connectivity index (χ1) is 8.04. The zero-order valence-corrected chi connectivity index (χ0v) is 9.84. The van der Waals surface area contributed by atoms with Crippen molar-refractivity contribution in [2.75, 3.05) is 13.2 Å². The maximum absolute atomic E-state index is 13.6. The molecule has 0 aliphatic rings. The van der Waals surface area contributed by atoms with E-state index in [2.05, 4.69) is 5.32 Å². The second-order valence-corrected chi connectivity index (χ2v) is 3.66. The van der Waals surface area contributed by atoms with Crippen LogP contribution in [0.4, 0.5) is 13.2 Å². The van der Waals surface area contributed by atoms with Gasteiger partial charge in [0.1, 0.15) is 18.2 Å². The first kappa shape index (κ1) is 13.8. The van der Waals surface area contributed by atoms with Crippen molar-refractivity contribution in [2.45, 2.75) is 26.3 Å². The summed E-state index contributed by atoms with van der Waals surface area (Å²) in [5, 5.41) is 3.07. The predicted molar refractivity (Wildman–Crippen MR) is 60.0 cm³/mol. The minimum atomic E-state index is -2.56. The van der Waals surface area contributed by atoms with Gasteiger partial charge in [-0.15, -0.1) is 0 Å². The molecule has 1 aromatic carbocycles. The molecule has 1 atom stereocenters. The van der Waals surface area contributed by atoms with Crippen LogP contribution in [0.3, 0.4) is 0 Å². The number of benzene rings is 1. The highest BCUT2D eigenvalue weighted by Gasteiger charge is 2.11. The minimum Gasteiger partial charge on any atom is -0.488 e. The third-order valence-electron chi connectivity index (χ3n) is 2.32. The quantitative estimate of drug-likeness (QED) is 0.833. The topological polar surface area (TPSA) is 21.3 Å². The van der Waals surface area contributed by atoms with E-state index in [0.717, 1.165) is 12.6 Å². The first-order valence-electron chi connectivity index (χ1n) is 5.48. The van der Waals surface area contributed by atoms with E-state index in [1.807, 2.05) is 13.8 Å². The van der Waals surface area contributed by atoms with E-state index in [1.165, 1.54) is 6.07 Å². The third-order valence-corrected chi connectivity index (χ3v) is 2.32. The first-order valence-corrected chi connectivity index (χ1v) is 5.48. The van der Waals surface area contributed by atoms with Crippen LogP contribution in [0.5, 0.6) is 5.75 Å². The lowest BCUT2D eigenvalue weighted by atomic mass is 10.1. The Morgan fingerprint density at radius 2 is 2.06 bits per heavy atom. The highest BCUT2D eigenvalue weighted by Crippen LogP contribution is 2.22. The van der Waals surface area contributed by atoms with Gasteiger partial charge < -0.3 is 10.1 Å². The van der Waals surface area contributed by atoms with Crippen LogP contribution in [-0.2, 0) is 0 Å². The molecule has 0 amide bonds. The second kappa shape index (κ2) is 6.49. The van der Waals surface area contributed by atoms with Gasteiger partial charge in [0.25, 0.3) is 6.43 Å². The third kappa shape index (κ3) is 4.26. The van der Waals surface area contributed by atoms with Crippen LogP contribution >= 0.6 is 0 Å². The van der Waals surface area contributed by atoms with Crippen LogP contribution in [0.2, 0.25) is 0 Å². The molecule has 2 nitrogen and oxygen atoms in total. The predicted octanol–water partition coefficient (Wildman–Crippen LogP) is 3.14. The maximum Gasteiger partial charge on any atom is 0.272 e. The number of ether oxygens (including phenoxy) is 1. The molecule has 0 aliphatic carbocycles. The standard InChI is InChI=1S/C12H16F3NO/c1-3-16-8(2)10-5-4-9(6-11(10)13)17-7-12(14)15/h4-6,8,12,16H,3,7H2,1-2H3. The molecule has 0 aromatic heterocycles. The van der Waals surface area contributed by atoms with Gasteiger partial charge in [-0.1, -0.05) is 13.0 Å². The van der Waals surface area contributed by atoms with Gasteiger partial charge in [0, 0.05) is 17.7 Å². The average Bonchev–Trinajstić information content (AvgIpc) is 2.26. The van der Waals surface area contributed by atoms with E-state index < -0.39 is 18.8 Å². The fraction of sp³-hybridized carbons (Fsp3) is 0.500. The molecule has 1 unspecified atom stereocenters. The fourth-order valence-corrected chi connectivity index (χ4v) is 1.52. The number of hydrogen-bond donors (Lipinski definition) is 1. The van der Waals surface area contributed by atoms with E-state index in [1.54, 1.807) is 6.07 Å². The molecule has 0 bridgehead atoms. The van der Waals surface area contributed by atoms with Gasteiger partial charge in [-0.3, -0.25) is 0 Å². The summed E-state index contributed by atoms with van der Waals surface area (Å²) >= 11 is 0. The number of hydrogen-bond acceptors (Lipinski definition) is 2. The number of alkyl halides is 2. The zero-order chi connectivity index (χ0) is 12.8. The number of halogens is 3. The summed E-state index contributed by atoms with van der Waals surface area (Å²) in [6, 6.07) is 4.05. The second-order valence-electron chi connectivity index (χ2n) is 3.66. The Balaban J connectivity index is 2.72. The summed E-state index contributed by atoms with van der Waals surface area (Å²) < 4.78 is 42.2. The lowest BCUT2D eigenvalue weighted by Crippen LogP contribution is -2.18. The van der Waals surface area contributed by atoms with Crippen molar-refractivity contribution >= 4 is 0 Å². The largest absolute Gasteiger partial charge is 0.488 e. The van der Waals surface area contributed by atoms with E-state index in [-0.39, 0.29) is 11.8 Å². The smallest absolute Gasteiger partial charge is 0.272 e. The maximum atomic E-state index is 13.6. The van der Waals surface area contributed by atoms with Crippen molar-refractivity contribution in [1.29, 1.82) is 0 Å². The van der Waals surface area contributed by atoms with Crippen LogP contribution in [0.25, 0.3) is 0 Å². The monoisotopic (exact) mass is 247 g/mol. The molecule has 17 heavy (non-hydrogen) atoms. The van der Waals surface area contributed by atoms with Crippen molar-refractivity contribution in [2.24, 2.45) is 0 Å². The number of nitrogens with one attached hydrogen (secondary N) is 1. The summed E-state index contributed by atoms with van der Waals surface area (Å²) in [7, 11) is 0. The van der Waals surface area contributed by atoms with Crippen molar-refractivity contribution in [3.05, 3.63) is 29.6 Å². The molecular weight excluding hydrogens is 231 g/mol. The van der Waals surface area contributed by atoms with E-state index in [0.29, 0.717) is 5.56 Å². The molecule has 0 heterocycles. The lowest BCUT2D eigenvalue weighted by Gasteiger charge is -2.14. The van der Waals surface area contributed by atoms with Gasteiger partial charge in [-0.05, 0) is 19.5 Å². The molecule has 5 heteroatoms. The summed E-state index contributed by atoms with van der Waals surface area (Å²) in [5.41, 5.74) is 0.497. The summed E-state index contributed by atoms with van der Waals surface area (Å²) in [6.45, 7) is 3.77. The van der Waals surface area contributed by atoms with Crippen LogP contribution in [-0.4, -0.2) is 19.6 Å². The van der Waals surface area contributed by atoms with Crippen molar-refractivity contribution in [3.8, 4) is 5.75 Å². The molecule has 0 spiro atoms. The van der Waals surface area contributed by atoms with Gasteiger partial charge >= 0.3 is 0 Å². The van der Waals surface area contributed by atoms with Gasteiger partial charge in [-0.2, -0.15) is 0 Å². The Bertz CT molecular complexity index is 358. The van der Waals surface area contributed by atoms with Crippen molar-refractivity contribution < 1.29 is 17.9 Å². The average molecular weight is 247 g/mol. The molecule has 1 rings (SSSR count). The van der Waals surface area contributed by atoms with Crippen LogP contribution in [0.15, 0.2) is 18.2 Å². The minimum absolute atomic E-state index is 0.121. The molecule has 1 N–H and O–H groups in total. The zero-order valence-electron chi connectivity index (χ0n) is 9.84. The SMILES string of the molecule is CCNC(C)c1ccc(OCC(F)F)cc1F. The molecular formula is C12H16F3NO. The van der Waals surface area contributed by atoms with Crippen molar-refractivity contribution in [3.63, 3.8) is 0 Å². The highest BCUT2D eigenvalue weighted by molar-refractivity contribution is 5.30. The Labute approximate surface area is 98.8 Å². The van der Waals surface area contributed by atoms with Crippen LogP contribution in [0.1, 0.15) is 25.5 Å². The van der Waals surface area contributed by atoms with E-state index in [9.17, 15) is 13.2 Å². The summed E-state index contributed by atoms with van der Waals surface area (Å²) in [5.74, 6) is -0.333. The van der Waals surface area contributed by atoms with Gasteiger partial charge in [0.15, 0.2) is 0 Å². The van der Waals surface area contributed by atoms with Crippen LogP contribution < -0.4 is 10.1 Å². The van der Waals surface area contributed by atoms with E-state index in [4.69, 9.17) is 4.74 Å². The van der Waals surface area contributed by atoms with E-state index >= 15 is 0 Å². The Morgan fingerprint density at radius 3 is 2.59 bits per heavy atom. The Morgan fingerprint density at radius 1 is 1.35 bits per heavy atom. The molecule has 0 radical (unpaired) electrons. The normalized spacial score (nSPS) is 12.8. The van der Waals surface area contributed by atoms with Gasteiger partial charge in [-0.25, -0.2) is 13.2 Å². The summed E-state index contributed by atoms with van der Waals surface area (Å²) in [6.07, 6.45) is -2.56.